The third-order valence-electron chi connectivity index (χ3n) is 10.7. The van der Waals surface area contributed by atoms with Crippen LogP contribution < -0.4 is 0 Å². The van der Waals surface area contributed by atoms with E-state index in [4.69, 9.17) is 99.8 Å². The Labute approximate surface area is 460 Å². The Kier molecular flexibility index (Phi) is 73.3. The van der Waals surface area contributed by atoms with E-state index in [1.807, 2.05) is 0 Å². The molecule has 0 radical (unpaired) electrons. The molecule has 0 bridgehead atoms. The summed E-state index contributed by atoms with van der Waals surface area (Å²) in [6.07, 6.45) is 17.7. The predicted octanol–water partition coefficient (Wildman–Crippen LogP) is 5.40. The average molecular weight is 1110 g/mol. The first-order chi connectivity index (χ1) is 37.9. The Balaban J connectivity index is 3.07. The fourth-order valence-corrected chi connectivity index (χ4v) is 6.57. The summed E-state index contributed by atoms with van der Waals surface area (Å²) in [7, 11) is 0. The molecule has 0 fully saturated rings. The van der Waals surface area contributed by atoms with Crippen molar-refractivity contribution in [3.63, 3.8) is 0 Å². The largest absolute Gasteiger partial charge is 0.394 e. The zero-order valence-corrected chi connectivity index (χ0v) is 47.8. The van der Waals surface area contributed by atoms with E-state index in [2.05, 4.69) is 6.92 Å². The van der Waals surface area contributed by atoms with Crippen molar-refractivity contribution in [2.75, 3.05) is 271 Å². The van der Waals surface area contributed by atoms with Crippen LogP contribution in [0.1, 0.15) is 90.4 Å². The van der Waals surface area contributed by atoms with E-state index in [-0.39, 0.29) is 6.61 Å². The number of aliphatic hydroxyl groups is 1. The van der Waals surface area contributed by atoms with Crippen molar-refractivity contribution in [1.82, 2.24) is 0 Å². The lowest BCUT2D eigenvalue weighted by Crippen LogP contribution is -2.16. The first kappa shape index (κ1) is 75.2. The molecule has 458 valence electrons. The van der Waals surface area contributed by atoms with Gasteiger partial charge < -0.3 is 99.8 Å². The molecular formula is C55H112O21. The second-order valence-corrected chi connectivity index (χ2v) is 17.2. The summed E-state index contributed by atoms with van der Waals surface area (Å²) in [6, 6.07) is 0. The van der Waals surface area contributed by atoms with E-state index < -0.39 is 0 Å². The van der Waals surface area contributed by atoms with Gasteiger partial charge in [-0.1, -0.05) is 84.0 Å². The van der Waals surface area contributed by atoms with Crippen LogP contribution in [0.4, 0.5) is 0 Å². The monoisotopic (exact) mass is 1110 g/mol. The fourth-order valence-electron chi connectivity index (χ4n) is 6.57. The molecular weight excluding hydrogens is 997 g/mol. The molecule has 21 heteroatoms. The third-order valence-corrected chi connectivity index (χ3v) is 10.7. The Morgan fingerprint density at radius 1 is 0.145 bits per heavy atom. The van der Waals surface area contributed by atoms with Gasteiger partial charge >= 0.3 is 0 Å². The molecule has 0 aromatic heterocycles. The van der Waals surface area contributed by atoms with Crippen molar-refractivity contribution in [1.29, 1.82) is 0 Å². The molecule has 0 spiro atoms. The molecule has 1 N–H and O–H groups in total. The van der Waals surface area contributed by atoms with Gasteiger partial charge in [0.1, 0.15) is 0 Å². The highest BCUT2D eigenvalue weighted by Crippen LogP contribution is 2.12. The van der Waals surface area contributed by atoms with Gasteiger partial charge in [0.2, 0.25) is 0 Å². The highest BCUT2D eigenvalue weighted by molar-refractivity contribution is 4.50. The molecule has 0 aliphatic carbocycles. The Morgan fingerprint density at radius 2 is 0.263 bits per heavy atom. The normalized spacial score (nSPS) is 11.8. The molecule has 0 aliphatic rings. The average Bonchev–Trinajstić information content (AvgIpc) is 3.43. The minimum atomic E-state index is 0.0202. The van der Waals surface area contributed by atoms with Crippen LogP contribution in [0.3, 0.4) is 0 Å². The maximum atomic E-state index is 8.61. The topological polar surface area (TPSA) is 205 Å². The maximum absolute atomic E-state index is 8.61. The summed E-state index contributed by atoms with van der Waals surface area (Å²) >= 11 is 0. The van der Waals surface area contributed by atoms with E-state index in [1.54, 1.807) is 0 Å². The molecule has 0 aromatic carbocycles. The van der Waals surface area contributed by atoms with Gasteiger partial charge in [0.05, 0.1) is 264 Å². The van der Waals surface area contributed by atoms with Crippen LogP contribution in [-0.4, -0.2) is 276 Å². The number of unbranched alkanes of at least 4 members (excludes halogenated alkanes) is 12. The zero-order valence-electron chi connectivity index (χ0n) is 47.8. The molecule has 21 nitrogen and oxygen atoms in total. The molecule has 76 heavy (non-hydrogen) atoms. The molecule has 0 atom stereocenters. The van der Waals surface area contributed by atoms with Crippen molar-refractivity contribution in [3.8, 4) is 0 Å². The predicted molar refractivity (Wildman–Crippen MR) is 289 cm³/mol. The molecule has 0 amide bonds. The van der Waals surface area contributed by atoms with Crippen LogP contribution in [-0.2, 0) is 94.7 Å². The van der Waals surface area contributed by atoms with Crippen molar-refractivity contribution in [3.05, 3.63) is 0 Å². The van der Waals surface area contributed by atoms with Crippen LogP contribution in [0.15, 0.2) is 0 Å². The smallest absolute Gasteiger partial charge is 0.0701 e. The van der Waals surface area contributed by atoms with Gasteiger partial charge in [-0.2, -0.15) is 0 Å². The van der Waals surface area contributed by atoms with Crippen molar-refractivity contribution in [2.24, 2.45) is 0 Å². The van der Waals surface area contributed by atoms with Gasteiger partial charge in [-0.3, -0.25) is 0 Å². The molecule has 0 aromatic rings. The van der Waals surface area contributed by atoms with Crippen LogP contribution in [0.25, 0.3) is 0 Å². The quantitative estimate of drug-likeness (QED) is 0.0757. The Bertz CT molecular complexity index is 910. The summed E-state index contributed by atoms with van der Waals surface area (Å²) in [5.41, 5.74) is 0. The molecule has 0 aliphatic heterocycles. The molecule has 0 unspecified atom stereocenters. The summed E-state index contributed by atoms with van der Waals surface area (Å²) in [5, 5.41) is 8.61. The van der Waals surface area contributed by atoms with Gasteiger partial charge in [0.25, 0.3) is 0 Å². The number of aliphatic hydroxyl groups excluding tert-OH is 1. The number of hydrogen-bond donors (Lipinski definition) is 1. The summed E-state index contributed by atoms with van der Waals surface area (Å²) in [4.78, 5) is 0. The fraction of sp³-hybridized carbons (Fsp3) is 1.00. The van der Waals surface area contributed by atoms with E-state index in [9.17, 15) is 0 Å². The van der Waals surface area contributed by atoms with Crippen molar-refractivity contribution < 1.29 is 99.8 Å². The van der Waals surface area contributed by atoms with Crippen LogP contribution in [0.5, 0.6) is 0 Å². The summed E-state index contributed by atoms with van der Waals surface area (Å²) in [5.74, 6) is 0. The summed E-state index contributed by atoms with van der Waals surface area (Å²) < 4.78 is 110. The van der Waals surface area contributed by atoms with Crippen LogP contribution >= 0.6 is 0 Å². The zero-order chi connectivity index (χ0) is 54.3. The first-order valence-electron chi connectivity index (χ1n) is 29.1. The second-order valence-electron chi connectivity index (χ2n) is 17.2. The highest BCUT2D eigenvalue weighted by Gasteiger charge is 2.00. The highest BCUT2D eigenvalue weighted by atomic mass is 16.6. The maximum Gasteiger partial charge on any atom is 0.0701 e. The van der Waals surface area contributed by atoms with Gasteiger partial charge in [0, 0.05) is 6.61 Å². The van der Waals surface area contributed by atoms with E-state index in [0.29, 0.717) is 258 Å². The Morgan fingerprint density at radius 3 is 0.408 bits per heavy atom. The molecule has 0 heterocycles. The van der Waals surface area contributed by atoms with Gasteiger partial charge in [-0.25, -0.2) is 0 Å². The van der Waals surface area contributed by atoms with E-state index in [0.717, 1.165) is 13.0 Å². The molecule has 0 saturated heterocycles. The van der Waals surface area contributed by atoms with Crippen LogP contribution in [0.2, 0.25) is 0 Å². The lowest BCUT2D eigenvalue weighted by atomic mass is 10.0. The van der Waals surface area contributed by atoms with Crippen molar-refractivity contribution in [2.45, 2.75) is 90.4 Å². The third kappa shape index (κ3) is 73.2. The van der Waals surface area contributed by atoms with Gasteiger partial charge in [-0.15, -0.1) is 0 Å². The summed E-state index contributed by atoms with van der Waals surface area (Å²) in [6.45, 7) is 22.7. The van der Waals surface area contributed by atoms with Gasteiger partial charge in [-0.05, 0) is 6.42 Å². The Hall–Kier alpha value is -0.840. The minimum absolute atomic E-state index is 0.0202. The minimum Gasteiger partial charge on any atom is -0.394 e. The van der Waals surface area contributed by atoms with Gasteiger partial charge in [0.15, 0.2) is 0 Å². The SMILES string of the molecule is CCCCCCCCCCCCCCCOCCOCCOCCOCCOCCOCCOCCOCCOCCOCCOCCOCCOCCOCCOCCOCCOCCOCCOCCOCCO. The number of ether oxygens (including phenoxy) is 20. The van der Waals surface area contributed by atoms with E-state index in [1.165, 1.54) is 77.0 Å². The number of hydrogen-bond acceptors (Lipinski definition) is 21. The first-order valence-corrected chi connectivity index (χ1v) is 29.1. The van der Waals surface area contributed by atoms with Crippen LogP contribution in [0, 0.1) is 0 Å². The second kappa shape index (κ2) is 74.2. The lowest BCUT2D eigenvalue weighted by Gasteiger charge is -2.09. The lowest BCUT2D eigenvalue weighted by molar-refractivity contribution is -0.0315. The van der Waals surface area contributed by atoms with Crippen molar-refractivity contribution >= 4 is 0 Å². The molecule has 0 saturated carbocycles. The molecule has 0 rings (SSSR count). The number of rotatable bonds is 73. The standard InChI is InChI=1S/C55H112O21/c1-2-3-4-5-6-7-8-9-10-11-12-13-14-16-57-18-20-59-22-24-61-26-28-63-30-32-65-34-36-67-38-40-69-42-44-71-46-48-73-50-52-75-54-55-76-53-51-74-49-47-72-45-43-70-41-39-68-37-35-66-33-31-64-29-27-62-25-23-60-21-19-58-17-15-56/h56H,2-55H2,1H3. The van der Waals surface area contributed by atoms with E-state index >= 15 is 0 Å².